The second kappa shape index (κ2) is 15.5. The number of carbonyl (C=O) groups excluding carboxylic acids is 3. The van der Waals surface area contributed by atoms with E-state index in [-0.39, 0.29) is 44.2 Å². The SMILES string of the molecule is COC(=O)[C@H](CO)NCCN1C(=O)COc2cc(-c3cccc(-c4cccc(-c5ccc6c(c5)OCC(=O)N6C[C@@H]5CCCN5)c4Cl)c3Cl)ccc21. The first-order valence-corrected chi connectivity index (χ1v) is 17.9. The molecule has 7 rings (SSSR count). The number of esters is 1. The van der Waals surface area contributed by atoms with Crippen LogP contribution in [0, 0.1) is 0 Å². The summed E-state index contributed by atoms with van der Waals surface area (Å²) in [5.41, 5.74) is 6.02. The maximum atomic E-state index is 12.8. The van der Waals surface area contributed by atoms with E-state index in [1.165, 1.54) is 7.11 Å². The summed E-state index contributed by atoms with van der Waals surface area (Å²) in [6.07, 6.45) is 2.14. The van der Waals surface area contributed by atoms with Gasteiger partial charge >= 0.3 is 5.97 Å². The quantitative estimate of drug-likeness (QED) is 0.175. The maximum absolute atomic E-state index is 12.8. The largest absolute Gasteiger partial charge is 0.482 e. The fourth-order valence-electron chi connectivity index (χ4n) is 6.96. The zero-order chi connectivity index (χ0) is 36.4. The summed E-state index contributed by atoms with van der Waals surface area (Å²) >= 11 is 14.3. The van der Waals surface area contributed by atoms with Gasteiger partial charge in [0.15, 0.2) is 13.2 Å². The number of halogens is 2. The molecule has 0 saturated carbocycles. The standard InChI is InChI=1S/C39H38Cl2N4O7/c1-50-39(49)30(20-46)43-15-16-44-31-12-10-23(17-33(31)51-21-35(44)47)26-6-2-8-28(37(26)40)29-9-3-7-27(38(29)41)24-11-13-32-34(18-24)52-22-36(48)45(32)19-25-5-4-14-42-25/h2-3,6-13,17-18,25,30,42-43,46H,4-5,14-16,19-22H2,1H3/t25-,30-/m0/s1. The molecule has 4 aromatic rings. The van der Waals surface area contributed by atoms with Crippen LogP contribution >= 0.6 is 23.2 Å². The summed E-state index contributed by atoms with van der Waals surface area (Å²) in [7, 11) is 1.25. The molecule has 0 radical (unpaired) electrons. The first-order valence-electron chi connectivity index (χ1n) is 17.2. The lowest BCUT2D eigenvalue weighted by atomic mass is 9.95. The van der Waals surface area contributed by atoms with E-state index in [0.29, 0.717) is 33.8 Å². The van der Waals surface area contributed by atoms with Gasteiger partial charge in [0, 0.05) is 47.9 Å². The number of ether oxygens (including phenoxy) is 3. The molecule has 11 nitrogen and oxygen atoms in total. The molecule has 0 unspecified atom stereocenters. The third-order valence-electron chi connectivity index (χ3n) is 9.67. The van der Waals surface area contributed by atoms with Crippen molar-refractivity contribution in [3.63, 3.8) is 0 Å². The van der Waals surface area contributed by atoms with Crippen LogP contribution in [0.15, 0.2) is 72.8 Å². The average Bonchev–Trinajstić information content (AvgIpc) is 3.68. The Labute approximate surface area is 311 Å². The lowest BCUT2D eigenvalue weighted by molar-refractivity contribution is -0.144. The van der Waals surface area contributed by atoms with E-state index in [0.717, 1.165) is 58.5 Å². The summed E-state index contributed by atoms with van der Waals surface area (Å²) in [6.45, 7) is 1.48. The third kappa shape index (κ3) is 7.07. The van der Waals surface area contributed by atoms with Crippen molar-refractivity contribution in [3.05, 3.63) is 82.8 Å². The predicted octanol–water partition coefficient (Wildman–Crippen LogP) is 5.32. The van der Waals surface area contributed by atoms with Crippen molar-refractivity contribution in [2.24, 2.45) is 0 Å². The maximum Gasteiger partial charge on any atom is 0.325 e. The number of nitrogens with one attached hydrogen (secondary N) is 2. The lowest BCUT2D eigenvalue weighted by Gasteiger charge is -2.31. The van der Waals surface area contributed by atoms with E-state index in [1.807, 2.05) is 71.6 Å². The number of methoxy groups -OCH3 is 1. The number of fused-ring (bicyclic) bond motifs is 2. The molecule has 4 aromatic carbocycles. The van der Waals surface area contributed by atoms with E-state index in [1.54, 1.807) is 11.0 Å². The van der Waals surface area contributed by atoms with Gasteiger partial charge in [-0.2, -0.15) is 0 Å². The van der Waals surface area contributed by atoms with Crippen LogP contribution in [-0.4, -0.2) is 88.1 Å². The molecule has 1 fully saturated rings. The average molecular weight is 746 g/mol. The molecule has 1 saturated heterocycles. The Morgan fingerprint density at radius 3 is 1.98 bits per heavy atom. The Balaban J connectivity index is 1.14. The molecule has 0 aromatic heterocycles. The highest BCUT2D eigenvalue weighted by Gasteiger charge is 2.30. The number of anilines is 2. The van der Waals surface area contributed by atoms with Gasteiger partial charge in [-0.3, -0.25) is 14.4 Å². The fourth-order valence-corrected chi connectivity index (χ4v) is 7.64. The number of aliphatic hydroxyl groups is 1. The van der Waals surface area contributed by atoms with Crippen molar-refractivity contribution in [1.82, 2.24) is 10.6 Å². The molecule has 270 valence electrons. The van der Waals surface area contributed by atoms with Crippen LogP contribution in [0.4, 0.5) is 11.4 Å². The van der Waals surface area contributed by atoms with Crippen molar-refractivity contribution < 1.29 is 33.7 Å². The van der Waals surface area contributed by atoms with Crippen LogP contribution in [0.25, 0.3) is 33.4 Å². The number of aliphatic hydroxyl groups excluding tert-OH is 1. The zero-order valence-electron chi connectivity index (χ0n) is 28.5. The summed E-state index contributed by atoms with van der Waals surface area (Å²) in [4.78, 5) is 40.8. The second-order valence-electron chi connectivity index (χ2n) is 12.8. The first-order chi connectivity index (χ1) is 25.3. The van der Waals surface area contributed by atoms with Crippen molar-refractivity contribution in [2.45, 2.75) is 24.9 Å². The van der Waals surface area contributed by atoms with Crippen LogP contribution < -0.4 is 29.9 Å². The van der Waals surface area contributed by atoms with Gasteiger partial charge < -0.3 is 39.8 Å². The zero-order valence-corrected chi connectivity index (χ0v) is 30.0. The summed E-state index contributed by atoms with van der Waals surface area (Å²) in [6, 6.07) is 22.3. The van der Waals surface area contributed by atoms with E-state index < -0.39 is 18.6 Å². The molecule has 0 bridgehead atoms. The van der Waals surface area contributed by atoms with Crippen LogP contribution in [0.3, 0.4) is 0 Å². The molecule has 0 aliphatic carbocycles. The molecular weight excluding hydrogens is 707 g/mol. The lowest BCUT2D eigenvalue weighted by Crippen LogP contribution is -2.47. The highest BCUT2D eigenvalue weighted by atomic mass is 35.5. The van der Waals surface area contributed by atoms with E-state index in [9.17, 15) is 19.5 Å². The van der Waals surface area contributed by atoms with Gasteiger partial charge in [-0.25, -0.2) is 0 Å². The summed E-state index contributed by atoms with van der Waals surface area (Å²) in [5.74, 6) is 0.284. The minimum absolute atomic E-state index is 0.0132. The molecule has 2 atom stereocenters. The van der Waals surface area contributed by atoms with Crippen LogP contribution in [0.2, 0.25) is 10.0 Å². The van der Waals surface area contributed by atoms with E-state index in [4.69, 9.17) is 37.4 Å². The summed E-state index contributed by atoms with van der Waals surface area (Å²) in [5, 5.41) is 16.9. The Bertz CT molecular complexity index is 2020. The van der Waals surface area contributed by atoms with Gasteiger partial charge in [-0.1, -0.05) is 71.7 Å². The summed E-state index contributed by atoms with van der Waals surface area (Å²) < 4.78 is 16.4. The van der Waals surface area contributed by atoms with Gasteiger partial charge in [-0.05, 0) is 54.8 Å². The van der Waals surface area contributed by atoms with Crippen molar-refractivity contribution in [2.75, 3.05) is 62.9 Å². The molecule has 52 heavy (non-hydrogen) atoms. The Morgan fingerprint density at radius 1 is 0.885 bits per heavy atom. The number of benzene rings is 4. The van der Waals surface area contributed by atoms with Crippen molar-refractivity contribution >= 4 is 52.4 Å². The monoisotopic (exact) mass is 744 g/mol. The van der Waals surface area contributed by atoms with Crippen molar-refractivity contribution in [1.29, 1.82) is 0 Å². The van der Waals surface area contributed by atoms with Gasteiger partial charge in [0.25, 0.3) is 11.8 Å². The number of nitrogens with zero attached hydrogens (tertiary/aromatic N) is 2. The number of hydrogen-bond acceptors (Lipinski definition) is 9. The molecular formula is C39H38Cl2N4O7. The molecule has 3 N–H and O–H groups in total. The Hall–Kier alpha value is -4.65. The van der Waals surface area contributed by atoms with Crippen LogP contribution in [0.5, 0.6) is 11.5 Å². The molecule has 13 heteroatoms. The predicted molar refractivity (Wildman–Crippen MR) is 200 cm³/mol. The highest BCUT2D eigenvalue weighted by Crippen LogP contribution is 2.45. The third-order valence-corrected chi connectivity index (χ3v) is 10.5. The van der Waals surface area contributed by atoms with E-state index in [2.05, 4.69) is 10.6 Å². The smallest absolute Gasteiger partial charge is 0.325 e. The highest BCUT2D eigenvalue weighted by molar-refractivity contribution is 6.39. The number of carbonyl (C=O) groups is 3. The van der Waals surface area contributed by atoms with Gasteiger partial charge in [0.05, 0.1) is 35.1 Å². The van der Waals surface area contributed by atoms with Gasteiger partial charge in [0.1, 0.15) is 17.5 Å². The minimum Gasteiger partial charge on any atom is -0.482 e. The molecule has 3 aliphatic rings. The van der Waals surface area contributed by atoms with Gasteiger partial charge in [-0.15, -0.1) is 0 Å². The first kappa shape index (κ1) is 35.7. The van der Waals surface area contributed by atoms with Crippen molar-refractivity contribution in [3.8, 4) is 44.9 Å². The topological polar surface area (TPSA) is 130 Å². The molecule has 2 amide bonds. The number of rotatable bonds is 11. The van der Waals surface area contributed by atoms with Crippen LogP contribution in [0.1, 0.15) is 12.8 Å². The van der Waals surface area contributed by atoms with E-state index >= 15 is 0 Å². The minimum atomic E-state index is -0.888. The molecule has 3 aliphatic heterocycles. The second-order valence-corrected chi connectivity index (χ2v) is 13.6. The number of hydrogen-bond donors (Lipinski definition) is 3. The van der Waals surface area contributed by atoms with Gasteiger partial charge in [0.2, 0.25) is 0 Å². The molecule has 0 spiro atoms. The normalized spacial score (nSPS) is 17.3. The Morgan fingerprint density at radius 2 is 1.44 bits per heavy atom. The fraction of sp³-hybridized carbons (Fsp3) is 0.308. The number of amides is 2. The Kier molecular flexibility index (Phi) is 10.7. The van der Waals surface area contributed by atoms with Crippen LogP contribution in [-0.2, 0) is 19.1 Å². The molecule has 3 heterocycles.